The molecule has 0 radical (unpaired) electrons. The number of anilines is 3. The van der Waals surface area contributed by atoms with E-state index in [-0.39, 0.29) is 0 Å². The van der Waals surface area contributed by atoms with E-state index < -0.39 is 0 Å². The molecule has 0 spiro atoms. The Morgan fingerprint density at radius 1 is 0.242 bits per heavy atom. The quantitative estimate of drug-likeness (QED) is 0.149. The first-order valence-electron chi connectivity index (χ1n) is 22.6. The maximum atomic E-state index is 6.32. The van der Waals surface area contributed by atoms with Gasteiger partial charge in [-0.05, 0) is 148 Å². The maximum absolute atomic E-state index is 6.32. The van der Waals surface area contributed by atoms with Crippen molar-refractivity contribution in [3.05, 3.63) is 249 Å². The molecule has 1 aromatic heterocycles. The second-order valence-corrected chi connectivity index (χ2v) is 17.3. The molecule has 66 heavy (non-hydrogen) atoms. The summed E-state index contributed by atoms with van der Waals surface area (Å²) in [5.41, 5.74) is 14.4. The highest BCUT2D eigenvalue weighted by molar-refractivity contribution is 6.13. The van der Waals surface area contributed by atoms with Crippen LogP contribution >= 0.6 is 0 Å². The van der Waals surface area contributed by atoms with Gasteiger partial charge in [-0.2, -0.15) is 0 Å². The highest BCUT2D eigenvalue weighted by Crippen LogP contribution is 2.42. The van der Waals surface area contributed by atoms with Gasteiger partial charge in [-0.25, -0.2) is 0 Å². The van der Waals surface area contributed by atoms with Crippen molar-refractivity contribution in [2.75, 3.05) is 4.90 Å². The lowest BCUT2D eigenvalue weighted by Crippen LogP contribution is -2.10. The minimum atomic E-state index is 0.892. The normalized spacial score (nSPS) is 11.6. The van der Waals surface area contributed by atoms with E-state index in [1.54, 1.807) is 0 Å². The highest BCUT2D eigenvalue weighted by Gasteiger charge is 2.17. The predicted molar refractivity (Wildman–Crippen MR) is 280 cm³/mol. The van der Waals surface area contributed by atoms with E-state index >= 15 is 0 Å². The fraction of sp³-hybridized carbons (Fsp3) is 0. The summed E-state index contributed by atoms with van der Waals surface area (Å²) in [6.07, 6.45) is 0. The molecule has 2 nitrogen and oxygen atoms in total. The van der Waals surface area contributed by atoms with Crippen molar-refractivity contribution in [1.29, 1.82) is 0 Å². The van der Waals surface area contributed by atoms with Crippen molar-refractivity contribution in [2.45, 2.75) is 0 Å². The molecule has 308 valence electrons. The topological polar surface area (TPSA) is 16.4 Å². The smallest absolute Gasteiger partial charge is 0.136 e. The fourth-order valence-corrected chi connectivity index (χ4v) is 10.1. The van der Waals surface area contributed by atoms with Crippen molar-refractivity contribution in [3.8, 4) is 44.5 Å². The van der Waals surface area contributed by atoms with Crippen LogP contribution in [0.2, 0.25) is 0 Å². The molecule has 0 fully saturated rings. The third kappa shape index (κ3) is 6.50. The highest BCUT2D eigenvalue weighted by atomic mass is 16.3. The molecule has 13 rings (SSSR count). The molecule has 0 N–H and O–H groups in total. The van der Waals surface area contributed by atoms with E-state index in [2.05, 4.69) is 241 Å². The van der Waals surface area contributed by atoms with Gasteiger partial charge in [-0.1, -0.05) is 188 Å². The molecule has 0 atom stereocenters. The lowest BCUT2D eigenvalue weighted by Gasteiger charge is -2.26. The Morgan fingerprint density at radius 2 is 0.712 bits per heavy atom. The molecular formula is C64H41NO. The molecule has 13 aromatic rings. The van der Waals surface area contributed by atoms with Gasteiger partial charge < -0.3 is 9.32 Å². The van der Waals surface area contributed by atoms with Crippen molar-refractivity contribution in [2.24, 2.45) is 0 Å². The van der Waals surface area contributed by atoms with Crippen LogP contribution in [0, 0.1) is 0 Å². The van der Waals surface area contributed by atoms with E-state index in [9.17, 15) is 0 Å². The van der Waals surface area contributed by atoms with Crippen LogP contribution < -0.4 is 4.90 Å². The Hall–Kier alpha value is -8.72. The molecule has 0 aliphatic carbocycles. The monoisotopic (exact) mass is 839 g/mol. The fourth-order valence-electron chi connectivity index (χ4n) is 10.1. The molecule has 0 saturated carbocycles. The van der Waals surface area contributed by atoms with Gasteiger partial charge in [0, 0.05) is 27.8 Å². The van der Waals surface area contributed by atoms with E-state index in [1.807, 2.05) is 12.1 Å². The van der Waals surface area contributed by atoms with Crippen LogP contribution in [-0.4, -0.2) is 0 Å². The Balaban J connectivity index is 0.867. The summed E-state index contributed by atoms with van der Waals surface area (Å²) >= 11 is 0. The van der Waals surface area contributed by atoms with Crippen LogP contribution in [0.15, 0.2) is 253 Å². The first kappa shape index (κ1) is 37.8. The number of para-hydroxylation sites is 1. The Bertz CT molecular complexity index is 3970. The molecule has 12 aromatic carbocycles. The van der Waals surface area contributed by atoms with Gasteiger partial charge in [-0.3, -0.25) is 0 Å². The van der Waals surface area contributed by atoms with E-state index in [1.165, 1.54) is 76.5 Å². The Labute approximate surface area is 382 Å². The van der Waals surface area contributed by atoms with Gasteiger partial charge in [0.2, 0.25) is 0 Å². The van der Waals surface area contributed by atoms with Crippen LogP contribution in [0.5, 0.6) is 0 Å². The molecule has 0 bridgehead atoms. The number of benzene rings is 12. The summed E-state index contributed by atoms with van der Waals surface area (Å²) in [4.78, 5) is 2.37. The second kappa shape index (κ2) is 15.5. The van der Waals surface area contributed by atoms with Gasteiger partial charge in [0.05, 0.1) is 0 Å². The summed E-state index contributed by atoms with van der Waals surface area (Å²) in [6, 6.07) is 90.3. The van der Waals surface area contributed by atoms with Gasteiger partial charge in [-0.15, -0.1) is 0 Å². The molecule has 0 amide bonds. The van der Waals surface area contributed by atoms with Crippen LogP contribution in [0.1, 0.15) is 0 Å². The zero-order valence-corrected chi connectivity index (χ0v) is 36.0. The summed E-state index contributed by atoms with van der Waals surface area (Å²) < 4.78 is 6.32. The average molecular weight is 840 g/mol. The number of hydrogen-bond acceptors (Lipinski definition) is 2. The molecule has 0 unspecified atom stereocenters. The van der Waals surface area contributed by atoms with Gasteiger partial charge in [0.25, 0.3) is 0 Å². The van der Waals surface area contributed by atoms with E-state index in [0.717, 1.165) is 50.1 Å². The van der Waals surface area contributed by atoms with Crippen molar-refractivity contribution < 1.29 is 4.42 Å². The molecule has 0 aliphatic rings. The maximum Gasteiger partial charge on any atom is 0.136 e. The third-order valence-corrected chi connectivity index (χ3v) is 13.4. The summed E-state index contributed by atoms with van der Waals surface area (Å²) in [7, 11) is 0. The van der Waals surface area contributed by atoms with Gasteiger partial charge >= 0.3 is 0 Å². The van der Waals surface area contributed by atoms with Crippen LogP contribution in [-0.2, 0) is 0 Å². The SMILES string of the molecule is c1cc(-c2cccc3oc4ccccc4c23)cc(N(c2ccc(-c3ccc(-c4ccc5c(ccc6ccccc65)c4)cc3)cc2)c2ccc(-c3ccc4ccc5ccccc5c4c3)cc2)c1. The lowest BCUT2D eigenvalue weighted by molar-refractivity contribution is 0.669. The first-order valence-corrected chi connectivity index (χ1v) is 22.6. The number of hydrogen-bond donors (Lipinski definition) is 0. The first-order chi connectivity index (χ1) is 32.7. The van der Waals surface area contributed by atoms with E-state index in [0.29, 0.717) is 0 Å². The molecule has 1 heterocycles. The van der Waals surface area contributed by atoms with E-state index in [4.69, 9.17) is 4.42 Å². The Morgan fingerprint density at radius 3 is 1.41 bits per heavy atom. The molecule has 0 aliphatic heterocycles. The third-order valence-electron chi connectivity index (χ3n) is 13.4. The average Bonchev–Trinajstić information content (AvgIpc) is 3.78. The number of nitrogens with zero attached hydrogens (tertiary/aromatic N) is 1. The Kier molecular flexibility index (Phi) is 8.89. The van der Waals surface area contributed by atoms with Crippen molar-refractivity contribution >= 4 is 82.1 Å². The molecule has 0 saturated heterocycles. The molecular weight excluding hydrogens is 799 g/mol. The lowest BCUT2D eigenvalue weighted by atomic mass is 9.96. The largest absolute Gasteiger partial charge is 0.456 e. The van der Waals surface area contributed by atoms with Gasteiger partial charge in [0.1, 0.15) is 11.2 Å². The zero-order chi connectivity index (χ0) is 43.6. The number of fused-ring (bicyclic) bond motifs is 9. The molecule has 2 heteroatoms. The zero-order valence-electron chi connectivity index (χ0n) is 36.0. The van der Waals surface area contributed by atoms with Gasteiger partial charge in [0.15, 0.2) is 0 Å². The summed E-state index contributed by atoms with van der Waals surface area (Å²) in [5.74, 6) is 0. The predicted octanol–water partition coefficient (Wildman–Crippen LogP) is 18.3. The standard InChI is InChI=1S/C64H41NO/c1-3-13-56-46(9-1)26-28-52-39-49(33-38-58(52)56)44-21-19-42(20-22-44)43-29-34-53(35-30-43)65(55-12-7-11-51(40-55)59-16-8-18-63-64(59)60-15-5-6-17-62(60)66-63)54-36-31-45(32-37-54)50-27-25-48-24-23-47-10-2-4-14-57(47)61(48)41-50/h1-41H. The number of furan rings is 1. The summed E-state index contributed by atoms with van der Waals surface area (Å²) in [6.45, 7) is 0. The van der Waals surface area contributed by atoms with Crippen LogP contribution in [0.3, 0.4) is 0 Å². The minimum absolute atomic E-state index is 0.892. The van der Waals surface area contributed by atoms with Crippen molar-refractivity contribution in [1.82, 2.24) is 0 Å². The van der Waals surface area contributed by atoms with Crippen LogP contribution in [0.25, 0.3) is 110 Å². The summed E-state index contributed by atoms with van der Waals surface area (Å²) in [5, 5.41) is 12.4. The minimum Gasteiger partial charge on any atom is -0.456 e. The second-order valence-electron chi connectivity index (χ2n) is 17.3. The number of rotatable bonds is 7. The van der Waals surface area contributed by atoms with Crippen LogP contribution in [0.4, 0.5) is 17.1 Å². The van der Waals surface area contributed by atoms with Crippen molar-refractivity contribution in [3.63, 3.8) is 0 Å².